The summed E-state index contributed by atoms with van der Waals surface area (Å²) in [6, 6.07) is 5.73. The minimum absolute atomic E-state index is 0.0591. The molecule has 0 aliphatic carbocycles. The van der Waals surface area contributed by atoms with E-state index in [0.29, 0.717) is 5.69 Å². The average Bonchev–Trinajstić information content (AvgIpc) is 2.71. The molecule has 0 saturated heterocycles. The largest absolute Gasteiger partial charge is 0.493 e. The molecule has 0 atom stereocenters. The van der Waals surface area contributed by atoms with Gasteiger partial charge in [0.05, 0.1) is 5.52 Å². The number of aromatic hydroxyl groups is 1. The molecule has 2 rings (SSSR count). The molecule has 0 fully saturated rings. The van der Waals surface area contributed by atoms with Crippen molar-refractivity contribution in [3.8, 4) is 5.88 Å². The molecule has 0 spiro atoms. The van der Waals surface area contributed by atoms with Crippen LogP contribution in [0.4, 0.5) is 5.69 Å². The smallest absolute Gasteiger partial charge is 0.267 e. The second-order valence-corrected chi connectivity index (χ2v) is 4.71. The Morgan fingerprint density at radius 1 is 1.42 bits per heavy atom. The first-order valence-corrected chi connectivity index (χ1v) is 6.32. The van der Waals surface area contributed by atoms with Crippen LogP contribution in [0.1, 0.15) is 26.3 Å². The number of para-hydroxylation sites is 1. The molecule has 5 nitrogen and oxygen atoms in total. The van der Waals surface area contributed by atoms with Gasteiger partial charge in [0.2, 0.25) is 5.88 Å². The van der Waals surface area contributed by atoms with E-state index in [2.05, 4.69) is 15.2 Å². The van der Waals surface area contributed by atoms with E-state index >= 15 is 0 Å². The highest BCUT2D eigenvalue weighted by molar-refractivity contribution is 5.96. The van der Waals surface area contributed by atoms with Gasteiger partial charge < -0.3 is 10.1 Å². The maximum Gasteiger partial charge on any atom is 0.267 e. The number of nitrogens with zero attached hydrogens (tertiary/aromatic N) is 2. The molecule has 0 saturated carbocycles. The second-order valence-electron chi connectivity index (χ2n) is 4.71. The highest BCUT2D eigenvalue weighted by Crippen LogP contribution is 2.36. The minimum atomic E-state index is -0.305. The van der Waals surface area contributed by atoms with Crippen molar-refractivity contribution in [1.82, 2.24) is 4.98 Å². The van der Waals surface area contributed by atoms with Gasteiger partial charge in [0.1, 0.15) is 0 Å². The van der Waals surface area contributed by atoms with Crippen molar-refractivity contribution >= 4 is 22.5 Å². The molecule has 100 valence electrons. The Hall–Kier alpha value is -2.17. The first-order chi connectivity index (χ1) is 9.04. The molecule has 1 aromatic carbocycles. The third-order valence-corrected chi connectivity index (χ3v) is 3.00. The number of aromatic amines is 1. The number of hydrogen-bond donors (Lipinski definition) is 2. The Balaban J connectivity index is 2.50. The molecular weight excluding hydrogens is 242 g/mol. The Bertz CT molecular complexity index is 641. The summed E-state index contributed by atoms with van der Waals surface area (Å²) in [5.41, 5.74) is 2.25. The van der Waals surface area contributed by atoms with Gasteiger partial charge in [-0.1, -0.05) is 39.0 Å². The highest BCUT2D eigenvalue weighted by atomic mass is 16.3. The molecule has 5 heteroatoms. The van der Waals surface area contributed by atoms with Crippen LogP contribution in [-0.2, 0) is 11.2 Å². The summed E-state index contributed by atoms with van der Waals surface area (Å²) < 4.78 is 0. The van der Waals surface area contributed by atoms with Gasteiger partial charge in [0, 0.05) is 11.3 Å². The van der Waals surface area contributed by atoms with E-state index in [0.717, 1.165) is 22.9 Å². The zero-order valence-electron chi connectivity index (χ0n) is 11.3. The molecule has 1 aromatic heterocycles. The zero-order valence-corrected chi connectivity index (χ0v) is 11.3. The van der Waals surface area contributed by atoms with Gasteiger partial charge in [-0.05, 0) is 12.0 Å². The lowest BCUT2D eigenvalue weighted by molar-refractivity contribution is -0.121. The van der Waals surface area contributed by atoms with E-state index in [-0.39, 0.29) is 17.7 Å². The molecule has 0 bridgehead atoms. The second kappa shape index (κ2) is 5.22. The van der Waals surface area contributed by atoms with E-state index in [1.807, 2.05) is 25.1 Å². The zero-order chi connectivity index (χ0) is 14.0. The summed E-state index contributed by atoms with van der Waals surface area (Å²) in [6.45, 7) is 5.55. The van der Waals surface area contributed by atoms with E-state index in [1.54, 1.807) is 13.8 Å². The molecule has 2 N–H and O–H groups in total. The Kier molecular flexibility index (Phi) is 3.64. The van der Waals surface area contributed by atoms with Crippen molar-refractivity contribution in [2.24, 2.45) is 16.1 Å². The van der Waals surface area contributed by atoms with Crippen LogP contribution < -0.4 is 0 Å². The number of nitrogens with one attached hydrogen (secondary N) is 1. The lowest BCUT2D eigenvalue weighted by Gasteiger charge is -1.98. The average molecular weight is 259 g/mol. The summed E-state index contributed by atoms with van der Waals surface area (Å²) in [7, 11) is 0. The normalized spacial score (nSPS) is 11.8. The van der Waals surface area contributed by atoms with E-state index in [4.69, 9.17) is 0 Å². The molecule has 1 amide bonds. The van der Waals surface area contributed by atoms with E-state index in [1.165, 1.54) is 0 Å². The maximum absolute atomic E-state index is 11.5. The Morgan fingerprint density at radius 3 is 2.79 bits per heavy atom. The van der Waals surface area contributed by atoms with Gasteiger partial charge in [-0.2, -0.15) is 0 Å². The molecule has 2 aromatic rings. The Morgan fingerprint density at radius 2 is 2.16 bits per heavy atom. The van der Waals surface area contributed by atoms with E-state index in [9.17, 15) is 9.90 Å². The fourth-order valence-electron chi connectivity index (χ4n) is 1.86. The summed E-state index contributed by atoms with van der Waals surface area (Å²) in [5, 5.41) is 18.2. The predicted octanol–water partition coefficient (Wildman–Crippen LogP) is 3.70. The van der Waals surface area contributed by atoms with E-state index < -0.39 is 0 Å². The number of azo groups is 1. The lowest BCUT2D eigenvalue weighted by atomic mass is 10.1. The SMILES string of the molecule is CCc1cccc2c(N=NC(=O)C(C)C)c(O)[nH]c12. The van der Waals surface area contributed by atoms with Gasteiger partial charge in [0.25, 0.3) is 5.91 Å². The molecule has 0 unspecified atom stereocenters. The number of carbonyl (C=O) groups excluding carboxylic acids is 1. The topological polar surface area (TPSA) is 77.8 Å². The van der Waals surface area contributed by atoms with Crippen LogP contribution in [0.5, 0.6) is 5.88 Å². The number of aromatic nitrogens is 1. The number of hydrogen-bond acceptors (Lipinski definition) is 3. The quantitative estimate of drug-likeness (QED) is 0.824. The highest BCUT2D eigenvalue weighted by Gasteiger charge is 2.13. The van der Waals surface area contributed by atoms with Gasteiger partial charge in [0.15, 0.2) is 5.69 Å². The summed E-state index contributed by atoms with van der Waals surface area (Å²) in [4.78, 5) is 14.3. The van der Waals surface area contributed by atoms with Gasteiger partial charge in [-0.15, -0.1) is 10.2 Å². The fraction of sp³-hybridized carbons (Fsp3) is 0.357. The summed E-state index contributed by atoms with van der Waals surface area (Å²) >= 11 is 0. The van der Waals surface area contributed by atoms with Crippen molar-refractivity contribution in [1.29, 1.82) is 0 Å². The van der Waals surface area contributed by atoms with Crippen LogP contribution in [0.3, 0.4) is 0 Å². The number of carbonyl (C=O) groups is 1. The number of aryl methyl sites for hydroxylation is 1. The van der Waals surface area contributed by atoms with Crippen molar-refractivity contribution in [2.45, 2.75) is 27.2 Å². The number of amides is 1. The first kappa shape index (κ1) is 13.3. The monoisotopic (exact) mass is 259 g/mol. The number of H-pyrrole nitrogens is 1. The van der Waals surface area contributed by atoms with Crippen LogP contribution in [0.2, 0.25) is 0 Å². The first-order valence-electron chi connectivity index (χ1n) is 6.32. The third kappa shape index (κ3) is 2.50. The number of rotatable bonds is 3. The van der Waals surface area contributed by atoms with Crippen LogP contribution in [0.15, 0.2) is 28.4 Å². The van der Waals surface area contributed by atoms with Crippen molar-refractivity contribution in [3.63, 3.8) is 0 Å². The van der Waals surface area contributed by atoms with Gasteiger partial charge >= 0.3 is 0 Å². The lowest BCUT2D eigenvalue weighted by Crippen LogP contribution is -2.01. The molecule has 0 aliphatic rings. The van der Waals surface area contributed by atoms with Crippen LogP contribution in [-0.4, -0.2) is 16.0 Å². The van der Waals surface area contributed by atoms with Crippen molar-refractivity contribution in [2.75, 3.05) is 0 Å². The molecular formula is C14H17N3O2. The number of fused-ring (bicyclic) bond motifs is 1. The van der Waals surface area contributed by atoms with Crippen molar-refractivity contribution < 1.29 is 9.90 Å². The molecule has 0 aliphatic heterocycles. The van der Waals surface area contributed by atoms with Gasteiger partial charge in [-0.3, -0.25) is 4.79 Å². The standard InChI is InChI=1S/C14H17N3O2/c1-4-9-6-5-7-10-11(9)15-14(19)12(10)16-17-13(18)8(2)3/h5-8,15,19H,4H2,1-3H3. The Labute approximate surface area is 111 Å². The molecule has 0 radical (unpaired) electrons. The third-order valence-electron chi connectivity index (χ3n) is 3.00. The summed E-state index contributed by atoms with van der Waals surface area (Å²) in [6.07, 6.45) is 0.846. The van der Waals surface area contributed by atoms with Crippen LogP contribution >= 0.6 is 0 Å². The fourth-order valence-corrected chi connectivity index (χ4v) is 1.86. The number of benzene rings is 1. The molecule has 1 heterocycles. The predicted molar refractivity (Wildman–Crippen MR) is 73.7 cm³/mol. The van der Waals surface area contributed by atoms with Crippen LogP contribution in [0.25, 0.3) is 10.9 Å². The summed E-state index contributed by atoms with van der Waals surface area (Å²) in [5.74, 6) is -0.570. The minimum Gasteiger partial charge on any atom is -0.493 e. The molecule has 19 heavy (non-hydrogen) atoms. The maximum atomic E-state index is 11.5. The van der Waals surface area contributed by atoms with Crippen LogP contribution in [0, 0.1) is 5.92 Å². The van der Waals surface area contributed by atoms with Gasteiger partial charge in [-0.25, -0.2) is 0 Å². The van der Waals surface area contributed by atoms with Crippen molar-refractivity contribution in [3.05, 3.63) is 23.8 Å².